The Hall–Kier alpha value is -4.12. The number of carbonyl (C=O) groups is 2. The van der Waals surface area contributed by atoms with Gasteiger partial charge in [0.1, 0.15) is 0 Å². The van der Waals surface area contributed by atoms with E-state index in [0.717, 1.165) is 11.4 Å². The first-order chi connectivity index (χ1) is 14.6. The van der Waals surface area contributed by atoms with Crippen molar-refractivity contribution < 1.29 is 9.59 Å². The van der Waals surface area contributed by atoms with Gasteiger partial charge < -0.3 is 15.2 Å². The van der Waals surface area contributed by atoms with E-state index in [2.05, 4.69) is 10.6 Å². The molecular formula is C25H21N3O2. The highest BCUT2D eigenvalue weighted by Gasteiger charge is 2.14. The van der Waals surface area contributed by atoms with Crippen molar-refractivity contribution in [3.05, 3.63) is 114 Å². The molecule has 5 heteroatoms. The molecule has 4 aromatic rings. The molecule has 0 saturated heterocycles. The SMILES string of the molecule is Cc1c(NC(=O)c2cccc(-n3cccc3)c2)cccc1C(=O)Nc1ccccc1. The summed E-state index contributed by atoms with van der Waals surface area (Å²) in [6, 6.07) is 25.8. The molecule has 0 aliphatic rings. The summed E-state index contributed by atoms with van der Waals surface area (Å²) in [5.41, 5.74) is 3.99. The first-order valence-corrected chi connectivity index (χ1v) is 9.62. The van der Waals surface area contributed by atoms with Crippen LogP contribution >= 0.6 is 0 Å². The second-order valence-electron chi connectivity index (χ2n) is 6.89. The van der Waals surface area contributed by atoms with Crippen LogP contribution in [0, 0.1) is 6.92 Å². The molecule has 148 valence electrons. The number of carbonyl (C=O) groups excluding carboxylic acids is 2. The Labute approximate surface area is 175 Å². The lowest BCUT2D eigenvalue weighted by atomic mass is 10.1. The summed E-state index contributed by atoms with van der Waals surface area (Å²) in [6.45, 7) is 1.83. The fourth-order valence-corrected chi connectivity index (χ4v) is 3.25. The highest BCUT2D eigenvalue weighted by molar-refractivity contribution is 6.08. The van der Waals surface area contributed by atoms with E-state index in [1.165, 1.54) is 0 Å². The monoisotopic (exact) mass is 395 g/mol. The standard InChI is InChI=1S/C25H21N3O2/c1-18-22(25(30)26-20-10-3-2-4-11-20)13-8-14-23(18)27-24(29)19-9-7-12-21(17-19)28-15-5-6-16-28/h2-17H,1H3,(H,26,30)(H,27,29). The topological polar surface area (TPSA) is 63.1 Å². The molecule has 0 saturated carbocycles. The van der Waals surface area contributed by atoms with Gasteiger partial charge in [0.2, 0.25) is 0 Å². The van der Waals surface area contributed by atoms with Crippen molar-refractivity contribution in [2.24, 2.45) is 0 Å². The number of aromatic nitrogens is 1. The van der Waals surface area contributed by atoms with E-state index in [1.54, 1.807) is 24.3 Å². The van der Waals surface area contributed by atoms with E-state index >= 15 is 0 Å². The van der Waals surface area contributed by atoms with Gasteiger partial charge in [0.15, 0.2) is 0 Å². The van der Waals surface area contributed by atoms with Gasteiger partial charge >= 0.3 is 0 Å². The number of nitrogens with one attached hydrogen (secondary N) is 2. The summed E-state index contributed by atoms with van der Waals surface area (Å²) in [5.74, 6) is -0.447. The van der Waals surface area contributed by atoms with Gasteiger partial charge in [0.25, 0.3) is 11.8 Å². The molecule has 0 spiro atoms. The minimum atomic E-state index is -0.229. The fourth-order valence-electron chi connectivity index (χ4n) is 3.25. The van der Waals surface area contributed by atoms with Crippen LogP contribution < -0.4 is 10.6 Å². The molecule has 2 N–H and O–H groups in total. The molecule has 1 aromatic heterocycles. The second-order valence-corrected chi connectivity index (χ2v) is 6.89. The van der Waals surface area contributed by atoms with Crippen LogP contribution in [0.25, 0.3) is 5.69 Å². The van der Waals surface area contributed by atoms with Gasteiger partial charge in [-0.25, -0.2) is 0 Å². The van der Waals surface area contributed by atoms with Crippen molar-refractivity contribution in [1.29, 1.82) is 0 Å². The zero-order chi connectivity index (χ0) is 20.9. The van der Waals surface area contributed by atoms with Gasteiger partial charge in [0, 0.05) is 40.6 Å². The molecule has 0 fully saturated rings. The van der Waals surface area contributed by atoms with E-state index in [9.17, 15) is 9.59 Å². The maximum Gasteiger partial charge on any atom is 0.256 e. The number of amides is 2. The average molecular weight is 395 g/mol. The average Bonchev–Trinajstić information content (AvgIpc) is 3.31. The third-order valence-electron chi connectivity index (χ3n) is 4.87. The Morgan fingerprint density at radius 1 is 0.733 bits per heavy atom. The van der Waals surface area contributed by atoms with Crippen molar-refractivity contribution in [1.82, 2.24) is 4.57 Å². The third kappa shape index (κ3) is 4.15. The van der Waals surface area contributed by atoms with Crippen LogP contribution in [0.1, 0.15) is 26.3 Å². The van der Waals surface area contributed by atoms with Gasteiger partial charge in [-0.05, 0) is 67.1 Å². The summed E-state index contributed by atoms with van der Waals surface area (Å²) in [7, 11) is 0. The number of anilines is 2. The van der Waals surface area contributed by atoms with Crippen LogP contribution in [-0.2, 0) is 0 Å². The minimum absolute atomic E-state index is 0.218. The van der Waals surface area contributed by atoms with Gasteiger partial charge in [-0.3, -0.25) is 9.59 Å². The number of benzene rings is 3. The molecule has 0 aliphatic heterocycles. The molecule has 3 aromatic carbocycles. The van der Waals surface area contributed by atoms with E-state index in [0.29, 0.717) is 22.4 Å². The van der Waals surface area contributed by atoms with Crippen molar-refractivity contribution in [2.75, 3.05) is 10.6 Å². The number of rotatable bonds is 5. The quantitative estimate of drug-likeness (QED) is 0.482. The van der Waals surface area contributed by atoms with E-state index in [4.69, 9.17) is 0 Å². The highest BCUT2D eigenvalue weighted by atomic mass is 16.2. The maximum atomic E-state index is 12.8. The number of para-hydroxylation sites is 1. The summed E-state index contributed by atoms with van der Waals surface area (Å²) < 4.78 is 1.94. The Bertz CT molecular complexity index is 1180. The Kier molecular flexibility index (Phi) is 5.44. The summed E-state index contributed by atoms with van der Waals surface area (Å²) in [6.07, 6.45) is 3.85. The molecule has 4 rings (SSSR count). The Balaban J connectivity index is 1.54. The number of hydrogen-bond acceptors (Lipinski definition) is 2. The van der Waals surface area contributed by atoms with Gasteiger partial charge in [0.05, 0.1) is 0 Å². The van der Waals surface area contributed by atoms with E-state index in [1.807, 2.05) is 84.5 Å². The van der Waals surface area contributed by atoms with Crippen LogP contribution in [0.2, 0.25) is 0 Å². The first kappa shape index (κ1) is 19.2. The van der Waals surface area contributed by atoms with Crippen molar-refractivity contribution in [2.45, 2.75) is 6.92 Å². The maximum absolute atomic E-state index is 12.8. The smallest absolute Gasteiger partial charge is 0.256 e. The largest absolute Gasteiger partial charge is 0.324 e. The molecule has 2 amide bonds. The van der Waals surface area contributed by atoms with Crippen LogP contribution in [0.3, 0.4) is 0 Å². The van der Waals surface area contributed by atoms with Gasteiger partial charge in [-0.15, -0.1) is 0 Å². The summed E-state index contributed by atoms with van der Waals surface area (Å²) in [4.78, 5) is 25.5. The van der Waals surface area contributed by atoms with Crippen LogP contribution in [0.4, 0.5) is 11.4 Å². The highest BCUT2D eigenvalue weighted by Crippen LogP contribution is 2.22. The predicted molar refractivity (Wildman–Crippen MR) is 119 cm³/mol. The van der Waals surface area contributed by atoms with Gasteiger partial charge in [-0.2, -0.15) is 0 Å². The van der Waals surface area contributed by atoms with Crippen LogP contribution in [-0.4, -0.2) is 16.4 Å². The lowest BCUT2D eigenvalue weighted by Gasteiger charge is -2.13. The van der Waals surface area contributed by atoms with Crippen molar-refractivity contribution >= 4 is 23.2 Å². The zero-order valence-electron chi connectivity index (χ0n) is 16.5. The molecule has 0 radical (unpaired) electrons. The Morgan fingerprint density at radius 3 is 2.23 bits per heavy atom. The number of hydrogen-bond donors (Lipinski definition) is 2. The van der Waals surface area contributed by atoms with Gasteiger partial charge in [-0.1, -0.05) is 30.3 Å². The molecule has 30 heavy (non-hydrogen) atoms. The van der Waals surface area contributed by atoms with Crippen molar-refractivity contribution in [3.8, 4) is 5.69 Å². The second kappa shape index (κ2) is 8.49. The predicted octanol–water partition coefficient (Wildman–Crippen LogP) is 5.29. The van der Waals surface area contributed by atoms with E-state index < -0.39 is 0 Å². The molecule has 0 unspecified atom stereocenters. The lowest BCUT2D eigenvalue weighted by Crippen LogP contribution is -2.17. The lowest BCUT2D eigenvalue weighted by molar-refractivity contribution is 0.101. The summed E-state index contributed by atoms with van der Waals surface area (Å²) in [5, 5.41) is 5.81. The third-order valence-corrected chi connectivity index (χ3v) is 4.87. The first-order valence-electron chi connectivity index (χ1n) is 9.62. The summed E-state index contributed by atoms with van der Waals surface area (Å²) >= 11 is 0. The molecule has 1 heterocycles. The normalized spacial score (nSPS) is 10.4. The van der Waals surface area contributed by atoms with Crippen LogP contribution in [0.15, 0.2) is 97.3 Å². The molecular weight excluding hydrogens is 374 g/mol. The number of nitrogens with zero attached hydrogens (tertiary/aromatic N) is 1. The van der Waals surface area contributed by atoms with Crippen LogP contribution in [0.5, 0.6) is 0 Å². The molecule has 5 nitrogen and oxygen atoms in total. The minimum Gasteiger partial charge on any atom is -0.324 e. The van der Waals surface area contributed by atoms with E-state index in [-0.39, 0.29) is 11.8 Å². The molecule has 0 atom stereocenters. The molecule has 0 bridgehead atoms. The van der Waals surface area contributed by atoms with Crippen molar-refractivity contribution in [3.63, 3.8) is 0 Å². The Morgan fingerprint density at radius 2 is 1.47 bits per heavy atom. The fraction of sp³-hybridized carbons (Fsp3) is 0.0400. The molecule has 0 aliphatic carbocycles. The zero-order valence-corrected chi connectivity index (χ0v) is 16.5.